The second-order valence-corrected chi connectivity index (χ2v) is 4.63. The van der Waals surface area contributed by atoms with Crippen molar-refractivity contribution < 1.29 is 4.74 Å². The second-order valence-electron chi connectivity index (χ2n) is 4.63. The van der Waals surface area contributed by atoms with E-state index in [1.165, 1.54) is 0 Å². The van der Waals surface area contributed by atoms with Crippen molar-refractivity contribution in [2.45, 2.75) is 20.3 Å². The lowest BCUT2D eigenvalue weighted by Gasteiger charge is -2.23. The molecule has 1 saturated heterocycles. The number of hydrogen-bond acceptors (Lipinski definition) is 7. The number of aromatic nitrogens is 3. The van der Waals surface area contributed by atoms with Crippen LogP contribution in [0.5, 0.6) is 0 Å². The molecule has 2 heterocycles. The Labute approximate surface area is 120 Å². The van der Waals surface area contributed by atoms with Gasteiger partial charge in [-0.3, -0.25) is 0 Å². The van der Waals surface area contributed by atoms with Crippen LogP contribution in [0.2, 0.25) is 0 Å². The standard InChI is InChI=1S/C13H24N6O/c1-4-18(5-2)12-15-11(14-3)16-13(17-12)19-7-6-9-20-10-8-19/h4-10H2,1-3H3,(H,14,15,16,17). The Bertz CT molecular complexity index is 415. The summed E-state index contributed by atoms with van der Waals surface area (Å²) in [6.45, 7) is 9.25. The van der Waals surface area contributed by atoms with Gasteiger partial charge in [0, 0.05) is 39.8 Å². The lowest BCUT2D eigenvalue weighted by atomic mass is 10.4. The van der Waals surface area contributed by atoms with Gasteiger partial charge in [0.2, 0.25) is 17.8 Å². The summed E-state index contributed by atoms with van der Waals surface area (Å²) in [6.07, 6.45) is 1.00. The monoisotopic (exact) mass is 280 g/mol. The van der Waals surface area contributed by atoms with E-state index in [2.05, 4.69) is 43.9 Å². The Morgan fingerprint density at radius 2 is 1.95 bits per heavy atom. The van der Waals surface area contributed by atoms with Gasteiger partial charge in [-0.2, -0.15) is 15.0 Å². The van der Waals surface area contributed by atoms with E-state index in [1.807, 2.05) is 7.05 Å². The van der Waals surface area contributed by atoms with E-state index in [4.69, 9.17) is 4.74 Å². The van der Waals surface area contributed by atoms with Gasteiger partial charge in [-0.25, -0.2) is 0 Å². The molecule has 1 fully saturated rings. The fourth-order valence-corrected chi connectivity index (χ4v) is 2.20. The molecule has 0 aromatic carbocycles. The first-order chi connectivity index (χ1) is 9.78. The maximum Gasteiger partial charge on any atom is 0.232 e. The smallest absolute Gasteiger partial charge is 0.232 e. The summed E-state index contributed by atoms with van der Waals surface area (Å²) < 4.78 is 5.48. The molecule has 1 aromatic rings. The number of ether oxygens (including phenoxy) is 1. The molecule has 0 amide bonds. The molecule has 0 aliphatic carbocycles. The van der Waals surface area contributed by atoms with E-state index in [9.17, 15) is 0 Å². The second kappa shape index (κ2) is 7.23. The summed E-state index contributed by atoms with van der Waals surface area (Å²) >= 11 is 0. The molecule has 7 heteroatoms. The number of hydrogen-bond donors (Lipinski definition) is 1. The van der Waals surface area contributed by atoms with E-state index >= 15 is 0 Å². The van der Waals surface area contributed by atoms with Crippen molar-refractivity contribution in [2.24, 2.45) is 0 Å². The molecule has 0 unspecified atom stereocenters. The highest BCUT2D eigenvalue weighted by Crippen LogP contribution is 2.17. The zero-order valence-corrected chi connectivity index (χ0v) is 12.6. The minimum Gasteiger partial charge on any atom is -0.380 e. The van der Waals surface area contributed by atoms with E-state index in [-0.39, 0.29) is 0 Å². The van der Waals surface area contributed by atoms with Gasteiger partial charge in [-0.05, 0) is 20.3 Å². The highest BCUT2D eigenvalue weighted by atomic mass is 16.5. The molecule has 0 bridgehead atoms. The van der Waals surface area contributed by atoms with Crippen molar-refractivity contribution in [1.29, 1.82) is 0 Å². The van der Waals surface area contributed by atoms with Gasteiger partial charge in [-0.1, -0.05) is 0 Å². The van der Waals surface area contributed by atoms with Gasteiger partial charge in [0.05, 0.1) is 6.61 Å². The van der Waals surface area contributed by atoms with Gasteiger partial charge < -0.3 is 19.9 Å². The van der Waals surface area contributed by atoms with Crippen molar-refractivity contribution >= 4 is 17.8 Å². The Hall–Kier alpha value is -1.63. The Morgan fingerprint density at radius 3 is 2.65 bits per heavy atom. The van der Waals surface area contributed by atoms with Crippen LogP contribution >= 0.6 is 0 Å². The summed E-state index contributed by atoms with van der Waals surface area (Å²) in [5.74, 6) is 2.08. The Balaban J connectivity index is 2.28. The third kappa shape index (κ3) is 3.47. The van der Waals surface area contributed by atoms with Crippen LogP contribution in [-0.4, -0.2) is 61.4 Å². The maximum absolute atomic E-state index is 5.48. The number of nitrogens with one attached hydrogen (secondary N) is 1. The van der Waals surface area contributed by atoms with Crippen LogP contribution in [0.25, 0.3) is 0 Å². The third-order valence-corrected chi connectivity index (χ3v) is 3.39. The first-order valence-corrected chi connectivity index (χ1v) is 7.30. The van der Waals surface area contributed by atoms with Gasteiger partial charge >= 0.3 is 0 Å². The highest BCUT2D eigenvalue weighted by molar-refractivity contribution is 5.45. The fourth-order valence-electron chi connectivity index (χ4n) is 2.20. The minimum atomic E-state index is 0.613. The van der Waals surface area contributed by atoms with Crippen LogP contribution in [0, 0.1) is 0 Å². The molecule has 112 valence electrons. The topological polar surface area (TPSA) is 66.4 Å². The Kier molecular flexibility index (Phi) is 5.34. The lowest BCUT2D eigenvalue weighted by molar-refractivity contribution is 0.152. The van der Waals surface area contributed by atoms with Crippen molar-refractivity contribution in [3.05, 3.63) is 0 Å². The summed E-state index contributed by atoms with van der Waals surface area (Å²) in [5.41, 5.74) is 0. The van der Waals surface area contributed by atoms with Crippen LogP contribution < -0.4 is 15.1 Å². The molecule has 0 saturated carbocycles. The van der Waals surface area contributed by atoms with Crippen molar-refractivity contribution in [2.75, 3.05) is 61.6 Å². The number of rotatable bonds is 5. The van der Waals surface area contributed by atoms with Crippen LogP contribution in [0.4, 0.5) is 17.8 Å². The molecule has 1 aliphatic rings. The largest absolute Gasteiger partial charge is 0.380 e. The molecule has 2 rings (SSSR count). The molecule has 0 spiro atoms. The quantitative estimate of drug-likeness (QED) is 0.862. The number of nitrogens with zero attached hydrogens (tertiary/aromatic N) is 5. The zero-order valence-electron chi connectivity index (χ0n) is 12.6. The maximum atomic E-state index is 5.48. The molecule has 7 nitrogen and oxygen atoms in total. The molecule has 1 aliphatic heterocycles. The summed E-state index contributed by atoms with van der Waals surface area (Å²) in [5, 5.41) is 3.02. The van der Waals surface area contributed by atoms with E-state index in [0.717, 1.165) is 57.7 Å². The first kappa shape index (κ1) is 14.8. The van der Waals surface area contributed by atoms with Crippen LogP contribution in [-0.2, 0) is 4.74 Å². The minimum absolute atomic E-state index is 0.613. The van der Waals surface area contributed by atoms with E-state index < -0.39 is 0 Å². The van der Waals surface area contributed by atoms with Crippen molar-refractivity contribution in [3.8, 4) is 0 Å². The van der Waals surface area contributed by atoms with Gasteiger partial charge in [-0.15, -0.1) is 0 Å². The average Bonchev–Trinajstić information content (AvgIpc) is 2.77. The molecule has 0 atom stereocenters. The average molecular weight is 280 g/mol. The predicted octanol–water partition coefficient (Wildman–Crippen LogP) is 0.986. The van der Waals surface area contributed by atoms with Crippen molar-refractivity contribution in [1.82, 2.24) is 15.0 Å². The van der Waals surface area contributed by atoms with E-state index in [0.29, 0.717) is 5.95 Å². The molecular weight excluding hydrogens is 256 g/mol. The third-order valence-electron chi connectivity index (χ3n) is 3.39. The van der Waals surface area contributed by atoms with Gasteiger partial charge in [0.25, 0.3) is 0 Å². The summed E-state index contributed by atoms with van der Waals surface area (Å²) in [4.78, 5) is 17.8. The SMILES string of the molecule is CCN(CC)c1nc(NC)nc(N2CCCOCC2)n1. The molecule has 20 heavy (non-hydrogen) atoms. The molecule has 0 radical (unpaired) electrons. The molecular formula is C13H24N6O. The predicted molar refractivity (Wildman–Crippen MR) is 80.6 cm³/mol. The van der Waals surface area contributed by atoms with Crippen LogP contribution in [0.1, 0.15) is 20.3 Å². The number of anilines is 3. The van der Waals surface area contributed by atoms with E-state index in [1.54, 1.807) is 0 Å². The lowest BCUT2D eigenvalue weighted by Crippen LogP contribution is -2.30. The van der Waals surface area contributed by atoms with Crippen molar-refractivity contribution in [3.63, 3.8) is 0 Å². The molecule has 1 aromatic heterocycles. The van der Waals surface area contributed by atoms with Crippen LogP contribution in [0.15, 0.2) is 0 Å². The van der Waals surface area contributed by atoms with Gasteiger partial charge in [0.1, 0.15) is 0 Å². The summed E-state index contributed by atoms with van der Waals surface area (Å²) in [7, 11) is 1.83. The van der Waals surface area contributed by atoms with Gasteiger partial charge in [0.15, 0.2) is 0 Å². The van der Waals surface area contributed by atoms with Crippen LogP contribution in [0.3, 0.4) is 0 Å². The fraction of sp³-hybridized carbons (Fsp3) is 0.769. The summed E-state index contributed by atoms with van der Waals surface area (Å²) in [6, 6.07) is 0. The Morgan fingerprint density at radius 1 is 1.15 bits per heavy atom. The first-order valence-electron chi connectivity index (χ1n) is 7.30. The highest BCUT2D eigenvalue weighted by Gasteiger charge is 2.17. The normalized spacial score (nSPS) is 15.8. The molecule has 1 N–H and O–H groups in total. The zero-order chi connectivity index (χ0) is 14.4.